The van der Waals surface area contributed by atoms with E-state index < -0.39 is 0 Å². The lowest BCUT2D eigenvalue weighted by molar-refractivity contribution is 0.189. The van der Waals surface area contributed by atoms with E-state index in [0.717, 1.165) is 18.4 Å². The normalized spacial score (nSPS) is 18.1. The summed E-state index contributed by atoms with van der Waals surface area (Å²) in [6, 6.07) is 8.78. The quantitative estimate of drug-likeness (QED) is 0.821. The van der Waals surface area contributed by atoms with Crippen LogP contribution >= 0.6 is 15.9 Å². The lowest BCUT2D eigenvalue weighted by atomic mass is 9.73. The fourth-order valence-electron chi connectivity index (χ4n) is 2.72. The summed E-state index contributed by atoms with van der Waals surface area (Å²) in [6.07, 6.45) is 5.47. The van der Waals surface area contributed by atoms with Gasteiger partial charge in [0.2, 0.25) is 0 Å². The molecule has 0 aliphatic heterocycles. The van der Waals surface area contributed by atoms with Crippen molar-refractivity contribution in [3.05, 3.63) is 34.3 Å². The minimum absolute atomic E-state index is 0.221. The summed E-state index contributed by atoms with van der Waals surface area (Å²) in [5, 5.41) is 3.69. The number of rotatable bonds is 5. The van der Waals surface area contributed by atoms with E-state index in [1.165, 1.54) is 35.7 Å². The SMILES string of the molecule is CC(C)(C)NCC(Cc1cccc(Br)c1)C1CCC1. The summed E-state index contributed by atoms with van der Waals surface area (Å²) in [6.45, 7) is 7.90. The van der Waals surface area contributed by atoms with E-state index in [0.29, 0.717) is 0 Å². The highest BCUT2D eigenvalue weighted by molar-refractivity contribution is 9.10. The third-order valence-corrected chi connectivity index (χ3v) is 4.59. The fraction of sp³-hybridized carbons (Fsp3) is 0.647. The van der Waals surface area contributed by atoms with E-state index in [4.69, 9.17) is 0 Å². The summed E-state index contributed by atoms with van der Waals surface area (Å²) >= 11 is 3.58. The van der Waals surface area contributed by atoms with Gasteiger partial charge in [0.1, 0.15) is 0 Å². The van der Waals surface area contributed by atoms with Gasteiger partial charge in [0, 0.05) is 10.0 Å². The van der Waals surface area contributed by atoms with Gasteiger partial charge in [-0.15, -0.1) is 0 Å². The van der Waals surface area contributed by atoms with Crippen LogP contribution in [0.4, 0.5) is 0 Å². The molecule has 1 unspecified atom stereocenters. The molecule has 1 fully saturated rings. The van der Waals surface area contributed by atoms with Gasteiger partial charge in [-0.2, -0.15) is 0 Å². The van der Waals surface area contributed by atoms with Crippen LogP contribution < -0.4 is 5.32 Å². The number of hydrogen-bond acceptors (Lipinski definition) is 1. The predicted octanol–water partition coefficient (Wildman–Crippen LogP) is 4.80. The van der Waals surface area contributed by atoms with Gasteiger partial charge < -0.3 is 5.32 Å². The van der Waals surface area contributed by atoms with Crippen LogP contribution in [0.15, 0.2) is 28.7 Å². The Morgan fingerprint density at radius 2 is 2.05 bits per heavy atom. The summed E-state index contributed by atoms with van der Waals surface area (Å²) in [5.41, 5.74) is 1.68. The summed E-state index contributed by atoms with van der Waals surface area (Å²) < 4.78 is 1.20. The molecule has 0 saturated heterocycles. The first-order valence-electron chi connectivity index (χ1n) is 7.43. The highest BCUT2D eigenvalue weighted by Crippen LogP contribution is 2.35. The largest absolute Gasteiger partial charge is 0.312 e. The zero-order valence-corrected chi connectivity index (χ0v) is 14.0. The monoisotopic (exact) mass is 323 g/mol. The molecule has 1 aliphatic carbocycles. The molecule has 0 bridgehead atoms. The molecule has 1 aromatic carbocycles. The van der Waals surface area contributed by atoms with E-state index in [-0.39, 0.29) is 5.54 Å². The fourth-order valence-corrected chi connectivity index (χ4v) is 3.17. The lowest BCUT2D eigenvalue weighted by Gasteiger charge is -2.36. The molecule has 1 saturated carbocycles. The molecule has 0 aromatic heterocycles. The molecule has 2 heteroatoms. The third-order valence-electron chi connectivity index (χ3n) is 4.10. The van der Waals surface area contributed by atoms with Gasteiger partial charge in [-0.1, -0.05) is 47.3 Å². The highest BCUT2D eigenvalue weighted by atomic mass is 79.9. The van der Waals surface area contributed by atoms with Gasteiger partial charge in [-0.05, 0) is 63.3 Å². The molecular weight excluding hydrogens is 298 g/mol. The first-order chi connectivity index (χ1) is 8.94. The van der Waals surface area contributed by atoms with E-state index in [1.807, 2.05) is 0 Å². The van der Waals surface area contributed by atoms with E-state index >= 15 is 0 Å². The topological polar surface area (TPSA) is 12.0 Å². The Bertz CT molecular complexity index is 404. The Morgan fingerprint density at radius 3 is 2.58 bits per heavy atom. The van der Waals surface area contributed by atoms with Gasteiger partial charge in [0.05, 0.1) is 0 Å². The molecule has 19 heavy (non-hydrogen) atoms. The van der Waals surface area contributed by atoms with Gasteiger partial charge in [0.15, 0.2) is 0 Å². The van der Waals surface area contributed by atoms with Crippen molar-refractivity contribution in [2.45, 2.75) is 52.0 Å². The summed E-state index contributed by atoms with van der Waals surface area (Å²) in [4.78, 5) is 0. The standard InChI is InChI=1S/C17H26BrN/c1-17(2,3)19-12-15(14-7-5-8-14)10-13-6-4-9-16(18)11-13/h4,6,9,11,14-15,19H,5,7-8,10,12H2,1-3H3. The molecule has 1 nitrogen and oxygen atoms in total. The van der Waals surface area contributed by atoms with Crippen molar-refractivity contribution in [1.29, 1.82) is 0 Å². The Morgan fingerprint density at radius 1 is 1.32 bits per heavy atom. The maximum Gasteiger partial charge on any atom is 0.0177 e. The van der Waals surface area contributed by atoms with Crippen LogP contribution in [-0.2, 0) is 6.42 Å². The van der Waals surface area contributed by atoms with Crippen molar-refractivity contribution in [2.24, 2.45) is 11.8 Å². The zero-order valence-electron chi connectivity index (χ0n) is 12.4. The number of benzene rings is 1. The Labute approximate surface area is 126 Å². The number of halogens is 1. The average Bonchev–Trinajstić information content (AvgIpc) is 2.22. The van der Waals surface area contributed by atoms with E-state index in [1.54, 1.807) is 0 Å². The van der Waals surface area contributed by atoms with Gasteiger partial charge >= 0.3 is 0 Å². The predicted molar refractivity (Wildman–Crippen MR) is 86.4 cm³/mol. The number of nitrogens with one attached hydrogen (secondary N) is 1. The summed E-state index contributed by atoms with van der Waals surface area (Å²) in [5.74, 6) is 1.70. The minimum Gasteiger partial charge on any atom is -0.312 e. The smallest absolute Gasteiger partial charge is 0.0177 e. The molecule has 1 aliphatic rings. The molecule has 0 spiro atoms. The van der Waals surface area contributed by atoms with Crippen LogP contribution in [0.3, 0.4) is 0 Å². The second kappa shape index (κ2) is 6.41. The van der Waals surface area contributed by atoms with Crippen LogP contribution in [0.5, 0.6) is 0 Å². The van der Waals surface area contributed by atoms with Crippen molar-refractivity contribution in [3.8, 4) is 0 Å². The average molecular weight is 324 g/mol. The third kappa shape index (κ3) is 4.92. The molecule has 0 heterocycles. The van der Waals surface area contributed by atoms with E-state index in [2.05, 4.69) is 66.3 Å². The zero-order chi connectivity index (χ0) is 13.9. The second-order valence-electron chi connectivity index (χ2n) is 6.92. The molecule has 1 N–H and O–H groups in total. The van der Waals surface area contributed by atoms with Crippen molar-refractivity contribution in [2.75, 3.05) is 6.54 Å². The van der Waals surface area contributed by atoms with Gasteiger partial charge in [0.25, 0.3) is 0 Å². The van der Waals surface area contributed by atoms with Gasteiger partial charge in [-0.3, -0.25) is 0 Å². The van der Waals surface area contributed by atoms with Crippen molar-refractivity contribution < 1.29 is 0 Å². The maximum absolute atomic E-state index is 3.69. The van der Waals surface area contributed by atoms with Crippen molar-refractivity contribution >= 4 is 15.9 Å². The first kappa shape index (κ1) is 15.1. The lowest BCUT2D eigenvalue weighted by Crippen LogP contribution is -2.42. The van der Waals surface area contributed by atoms with Crippen LogP contribution in [0.1, 0.15) is 45.6 Å². The molecule has 1 atom stereocenters. The number of hydrogen-bond donors (Lipinski definition) is 1. The second-order valence-corrected chi connectivity index (χ2v) is 7.83. The summed E-state index contributed by atoms with van der Waals surface area (Å²) in [7, 11) is 0. The molecule has 0 amide bonds. The van der Waals surface area contributed by atoms with Crippen molar-refractivity contribution in [3.63, 3.8) is 0 Å². The van der Waals surface area contributed by atoms with Crippen LogP contribution in [-0.4, -0.2) is 12.1 Å². The van der Waals surface area contributed by atoms with Crippen molar-refractivity contribution in [1.82, 2.24) is 5.32 Å². The Kier molecular flexibility index (Phi) is 5.08. The Balaban J connectivity index is 1.97. The molecule has 1 aromatic rings. The molecule has 2 rings (SSSR count). The molecular formula is C17H26BrN. The van der Waals surface area contributed by atoms with Crippen LogP contribution in [0.25, 0.3) is 0 Å². The maximum atomic E-state index is 3.69. The Hall–Kier alpha value is -0.340. The van der Waals surface area contributed by atoms with Crippen LogP contribution in [0.2, 0.25) is 0 Å². The molecule has 106 valence electrons. The molecule has 0 radical (unpaired) electrons. The van der Waals surface area contributed by atoms with E-state index in [9.17, 15) is 0 Å². The van der Waals surface area contributed by atoms with Gasteiger partial charge in [-0.25, -0.2) is 0 Å². The highest BCUT2D eigenvalue weighted by Gasteiger charge is 2.28. The first-order valence-corrected chi connectivity index (χ1v) is 8.23. The van der Waals surface area contributed by atoms with Crippen LogP contribution in [0, 0.1) is 11.8 Å². The minimum atomic E-state index is 0.221.